The highest BCUT2D eigenvalue weighted by atomic mass is 35.5. The highest BCUT2D eigenvalue weighted by Crippen LogP contribution is 2.24. The van der Waals surface area contributed by atoms with E-state index in [-0.39, 0.29) is 5.91 Å². The van der Waals surface area contributed by atoms with E-state index in [9.17, 15) is 4.79 Å². The molecule has 2 rings (SSSR count). The first-order valence-corrected chi connectivity index (χ1v) is 7.67. The number of benzene rings is 1. The second kappa shape index (κ2) is 7.09. The minimum atomic E-state index is 0.0919. The molecule has 4 heteroatoms. The van der Waals surface area contributed by atoms with Crippen molar-refractivity contribution < 1.29 is 4.79 Å². The molecule has 20 heavy (non-hydrogen) atoms. The molecule has 0 bridgehead atoms. The predicted octanol–water partition coefficient (Wildman–Crippen LogP) is 3.71. The lowest BCUT2D eigenvalue weighted by Crippen LogP contribution is -2.30. The first-order chi connectivity index (χ1) is 9.56. The number of anilines is 1. The van der Waals surface area contributed by atoms with E-state index in [1.807, 2.05) is 25.1 Å². The van der Waals surface area contributed by atoms with Crippen LogP contribution in [0.4, 0.5) is 5.69 Å². The van der Waals surface area contributed by atoms with Gasteiger partial charge in [-0.2, -0.15) is 0 Å². The fourth-order valence-electron chi connectivity index (χ4n) is 2.64. The van der Waals surface area contributed by atoms with Crippen LogP contribution >= 0.6 is 11.6 Å². The van der Waals surface area contributed by atoms with Crippen molar-refractivity contribution in [2.45, 2.75) is 32.6 Å². The molecule has 1 fully saturated rings. The summed E-state index contributed by atoms with van der Waals surface area (Å²) in [5.74, 6) is 0.784. The number of nitrogens with zero attached hydrogens (tertiary/aromatic N) is 1. The number of carbonyl (C=O) groups excluding carboxylic acids is 1. The van der Waals surface area contributed by atoms with E-state index >= 15 is 0 Å². The maximum atomic E-state index is 12.0. The summed E-state index contributed by atoms with van der Waals surface area (Å²) in [5, 5.41) is 3.66. The molecule has 0 aromatic heterocycles. The molecule has 0 aliphatic carbocycles. The average Bonchev–Trinajstić information content (AvgIpc) is 2.43. The second-order valence-electron chi connectivity index (χ2n) is 5.75. The van der Waals surface area contributed by atoms with Gasteiger partial charge < -0.3 is 10.2 Å². The summed E-state index contributed by atoms with van der Waals surface area (Å²) in [6.07, 6.45) is 4.00. The van der Waals surface area contributed by atoms with E-state index in [2.05, 4.69) is 17.3 Å². The number of nitrogens with one attached hydrogen (secondary N) is 1. The quantitative estimate of drug-likeness (QED) is 0.918. The van der Waals surface area contributed by atoms with Gasteiger partial charge in [0.2, 0.25) is 5.91 Å². The number of halogens is 1. The van der Waals surface area contributed by atoms with Crippen molar-refractivity contribution in [3.05, 3.63) is 28.8 Å². The van der Waals surface area contributed by atoms with Crippen LogP contribution < -0.4 is 5.32 Å². The van der Waals surface area contributed by atoms with Crippen LogP contribution in [-0.2, 0) is 4.79 Å². The first-order valence-electron chi connectivity index (χ1n) is 7.30. The summed E-state index contributed by atoms with van der Waals surface area (Å²) in [4.78, 5) is 14.4. The number of rotatable bonds is 4. The summed E-state index contributed by atoms with van der Waals surface area (Å²) in [6, 6.07) is 5.60. The van der Waals surface area contributed by atoms with Gasteiger partial charge in [0.25, 0.3) is 0 Å². The van der Waals surface area contributed by atoms with E-state index in [1.54, 1.807) is 0 Å². The molecule has 0 saturated carbocycles. The molecule has 1 N–H and O–H groups in total. The fraction of sp³-hybridized carbons (Fsp3) is 0.562. The molecule has 0 unspecified atom stereocenters. The van der Waals surface area contributed by atoms with Gasteiger partial charge in [-0.05, 0) is 69.9 Å². The lowest BCUT2D eigenvalue weighted by Gasteiger charge is -2.28. The minimum absolute atomic E-state index is 0.0919. The van der Waals surface area contributed by atoms with Crippen molar-refractivity contribution >= 4 is 23.2 Å². The summed E-state index contributed by atoms with van der Waals surface area (Å²) < 4.78 is 0. The highest BCUT2D eigenvalue weighted by molar-refractivity contribution is 6.31. The maximum absolute atomic E-state index is 12.0. The van der Waals surface area contributed by atoms with Crippen molar-refractivity contribution in [1.82, 2.24) is 4.90 Å². The molecule has 1 aromatic carbocycles. The Kier molecular flexibility index (Phi) is 5.44. The largest absolute Gasteiger partial charge is 0.326 e. The Morgan fingerprint density at radius 1 is 1.40 bits per heavy atom. The minimum Gasteiger partial charge on any atom is -0.326 e. The smallest absolute Gasteiger partial charge is 0.224 e. The Balaban J connectivity index is 1.79. The zero-order chi connectivity index (χ0) is 14.5. The van der Waals surface area contributed by atoms with Crippen molar-refractivity contribution in [2.24, 2.45) is 5.92 Å². The average molecular weight is 295 g/mol. The fourth-order valence-corrected chi connectivity index (χ4v) is 2.82. The summed E-state index contributed by atoms with van der Waals surface area (Å²) in [5.41, 5.74) is 1.76. The number of carbonyl (C=O) groups is 1. The van der Waals surface area contributed by atoms with Crippen molar-refractivity contribution in [2.75, 3.05) is 25.5 Å². The van der Waals surface area contributed by atoms with Gasteiger partial charge in [0.15, 0.2) is 0 Å². The first kappa shape index (κ1) is 15.3. The molecule has 1 saturated heterocycles. The van der Waals surface area contributed by atoms with E-state index in [1.165, 1.54) is 12.8 Å². The molecule has 0 spiro atoms. The van der Waals surface area contributed by atoms with E-state index in [0.29, 0.717) is 17.4 Å². The maximum Gasteiger partial charge on any atom is 0.224 e. The Morgan fingerprint density at radius 3 is 2.80 bits per heavy atom. The van der Waals surface area contributed by atoms with E-state index in [0.717, 1.165) is 30.8 Å². The van der Waals surface area contributed by atoms with Crippen LogP contribution in [0, 0.1) is 12.8 Å². The standard InChI is InChI=1S/C16H23ClN2O/c1-12-14(17)4-3-5-15(12)18-16(20)7-6-13-8-10-19(2)11-9-13/h3-5,13H,6-11H2,1-2H3,(H,18,20). The normalized spacial score (nSPS) is 17.1. The van der Waals surface area contributed by atoms with Gasteiger partial charge in [-0.3, -0.25) is 4.79 Å². The highest BCUT2D eigenvalue weighted by Gasteiger charge is 2.17. The van der Waals surface area contributed by atoms with Gasteiger partial charge in [0.1, 0.15) is 0 Å². The predicted molar refractivity (Wildman–Crippen MR) is 84.3 cm³/mol. The zero-order valence-electron chi connectivity index (χ0n) is 12.3. The number of likely N-dealkylation sites (tertiary alicyclic amines) is 1. The summed E-state index contributed by atoms with van der Waals surface area (Å²) >= 11 is 6.05. The van der Waals surface area contributed by atoms with Crippen LogP contribution in [0.2, 0.25) is 5.02 Å². The molecule has 110 valence electrons. The Hall–Kier alpha value is -1.06. The van der Waals surface area contributed by atoms with Crippen molar-refractivity contribution in [1.29, 1.82) is 0 Å². The van der Waals surface area contributed by atoms with Gasteiger partial charge in [-0.1, -0.05) is 17.7 Å². The van der Waals surface area contributed by atoms with Crippen LogP contribution in [0.15, 0.2) is 18.2 Å². The Labute approximate surface area is 126 Å². The Morgan fingerprint density at radius 2 is 2.10 bits per heavy atom. The third-order valence-corrected chi connectivity index (χ3v) is 4.57. The summed E-state index contributed by atoms with van der Waals surface area (Å²) in [7, 11) is 2.16. The van der Waals surface area contributed by atoms with Gasteiger partial charge >= 0.3 is 0 Å². The molecule has 3 nitrogen and oxygen atoms in total. The van der Waals surface area contributed by atoms with E-state index < -0.39 is 0 Å². The number of amides is 1. The Bertz CT molecular complexity index is 468. The molecule has 1 heterocycles. The van der Waals surface area contributed by atoms with Crippen LogP contribution in [-0.4, -0.2) is 30.9 Å². The zero-order valence-corrected chi connectivity index (χ0v) is 13.0. The molecular formula is C16H23ClN2O. The number of hydrogen-bond acceptors (Lipinski definition) is 2. The SMILES string of the molecule is Cc1c(Cl)cccc1NC(=O)CCC1CCN(C)CC1. The van der Waals surface area contributed by atoms with Crippen LogP contribution in [0.1, 0.15) is 31.2 Å². The molecule has 0 radical (unpaired) electrons. The number of hydrogen-bond donors (Lipinski definition) is 1. The molecule has 1 aliphatic heterocycles. The topological polar surface area (TPSA) is 32.3 Å². The van der Waals surface area contributed by atoms with E-state index in [4.69, 9.17) is 11.6 Å². The van der Waals surface area contributed by atoms with Crippen LogP contribution in [0.25, 0.3) is 0 Å². The molecule has 1 aliphatic rings. The lowest BCUT2D eigenvalue weighted by molar-refractivity contribution is -0.116. The van der Waals surface area contributed by atoms with Crippen LogP contribution in [0.3, 0.4) is 0 Å². The lowest BCUT2D eigenvalue weighted by atomic mass is 9.92. The van der Waals surface area contributed by atoms with Gasteiger partial charge in [-0.25, -0.2) is 0 Å². The van der Waals surface area contributed by atoms with Crippen molar-refractivity contribution in [3.63, 3.8) is 0 Å². The van der Waals surface area contributed by atoms with Crippen molar-refractivity contribution in [3.8, 4) is 0 Å². The molecule has 1 amide bonds. The third kappa shape index (κ3) is 4.22. The molecule has 1 aromatic rings. The monoisotopic (exact) mass is 294 g/mol. The van der Waals surface area contributed by atoms with Gasteiger partial charge in [0.05, 0.1) is 0 Å². The second-order valence-corrected chi connectivity index (χ2v) is 6.15. The summed E-state index contributed by atoms with van der Waals surface area (Å²) in [6.45, 7) is 4.23. The number of piperidine rings is 1. The molecule has 0 atom stereocenters. The van der Waals surface area contributed by atoms with Gasteiger partial charge in [0, 0.05) is 17.1 Å². The van der Waals surface area contributed by atoms with Gasteiger partial charge in [-0.15, -0.1) is 0 Å². The van der Waals surface area contributed by atoms with Crippen LogP contribution in [0.5, 0.6) is 0 Å². The molecular weight excluding hydrogens is 272 g/mol. The third-order valence-electron chi connectivity index (χ3n) is 4.16.